The number of carbonyl (C=O) groups is 1. The van der Waals surface area contributed by atoms with Crippen molar-refractivity contribution >= 4 is 5.78 Å². The van der Waals surface area contributed by atoms with Gasteiger partial charge in [-0.25, -0.2) is 9.07 Å². The minimum absolute atomic E-state index is 0.0660. The SMILES string of the molecule is O=C(c1ccccc1)c1cccc(Cn2c(=O)ccn2-c2ccc(F)cc2)c1. The van der Waals surface area contributed by atoms with Crippen LogP contribution in [-0.2, 0) is 6.54 Å². The molecule has 0 radical (unpaired) electrons. The first-order valence-corrected chi connectivity index (χ1v) is 8.85. The summed E-state index contributed by atoms with van der Waals surface area (Å²) in [6.07, 6.45) is 1.65. The molecular formula is C23H17FN2O2. The lowest BCUT2D eigenvalue weighted by atomic mass is 10.0. The van der Waals surface area contributed by atoms with Crippen molar-refractivity contribution in [1.29, 1.82) is 0 Å². The molecule has 4 aromatic rings. The molecule has 0 spiro atoms. The summed E-state index contributed by atoms with van der Waals surface area (Å²) in [4.78, 5) is 25.0. The second-order valence-electron chi connectivity index (χ2n) is 6.43. The Balaban J connectivity index is 1.66. The van der Waals surface area contributed by atoms with Gasteiger partial charge in [0.2, 0.25) is 0 Å². The van der Waals surface area contributed by atoms with E-state index in [2.05, 4.69) is 0 Å². The van der Waals surface area contributed by atoms with Gasteiger partial charge >= 0.3 is 0 Å². The lowest BCUT2D eigenvalue weighted by Gasteiger charge is -2.12. The molecule has 0 amide bonds. The third kappa shape index (κ3) is 3.55. The van der Waals surface area contributed by atoms with Crippen molar-refractivity contribution in [3.8, 4) is 5.69 Å². The first kappa shape index (κ1) is 17.7. The van der Waals surface area contributed by atoms with Crippen molar-refractivity contribution in [2.75, 3.05) is 0 Å². The number of ketones is 1. The predicted molar refractivity (Wildman–Crippen MR) is 105 cm³/mol. The molecule has 0 aliphatic heterocycles. The second kappa shape index (κ2) is 7.48. The number of hydrogen-bond donors (Lipinski definition) is 0. The molecule has 0 saturated carbocycles. The monoisotopic (exact) mass is 372 g/mol. The van der Waals surface area contributed by atoms with Crippen molar-refractivity contribution in [3.63, 3.8) is 0 Å². The first-order valence-electron chi connectivity index (χ1n) is 8.85. The maximum Gasteiger partial charge on any atom is 0.267 e. The Kier molecular flexibility index (Phi) is 4.72. The molecule has 4 nitrogen and oxygen atoms in total. The van der Waals surface area contributed by atoms with Crippen LogP contribution in [0.25, 0.3) is 5.69 Å². The van der Waals surface area contributed by atoms with Crippen LogP contribution >= 0.6 is 0 Å². The van der Waals surface area contributed by atoms with Crippen molar-refractivity contribution in [3.05, 3.63) is 124 Å². The van der Waals surface area contributed by atoms with Crippen LogP contribution in [-0.4, -0.2) is 15.1 Å². The van der Waals surface area contributed by atoms with Gasteiger partial charge in [-0.1, -0.05) is 48.5 Å². The molecular weight excluding hydrogens is 355 g/mol. The molecule has 0 aliphatic rings. The van der Waals surface area contributed by atoms with E-state index >= 15 is 0 Å². The van der Waals surface area contributed by atoms with Gasteiger partial charge < -0.3 is 0 Å². The largest absolute Gasteiger partial charge is 0.289 e. The Hall–Kier alpha value is -3.73. The lowest BCUT2D eigenvalue weighted by molar-refractivity contribution is 0.103. The summed E-state index contributed by atoms with van der Waals surface area (Å²) in [6.45, 7) is 0.291. The number of rotatable bonds is 5. The third-order valence-corrected chi connectivity index (χ3v) is 4.52. The van der Waals surface area contributed by atoms with Gasteiger partial charge in [0.15, 0.2) is 5.78 Å². The summed E-state index contributed by atoms with van der Waals surface area (Å²) in [5.41, 5.74) is 2.51. The predicted octanol–water partition coefficient (Wildman–Crippen LogP) is 4.06. The fourth-order valence-corrected chi connectivity index (χ4v) is 3.12. The molecule has 0 bridgehead atoms. The molecule has 0 N–H and O–H groups in total. The van der Waals surface area contributed by atoms with Gasteiger partial charge in [0.25, 0.3) is 5.56 Å². The topological polar surface area (TPSA) is 44.0 Å². The minimum atomic E-state index is -0.336. The van der Waals surface area contributed by atoms with Gasteiger partial charge in [-0.3, -0.25) is 14.3 Å². The summed E-state index contributed by atoms with van der Waals surface area (Å²) in [6, 6.07) is 23.7. The first-order chi connectivity index (χ1) is 13.6. The number of hydrogen-bond acceptors (Lipinski definition) is 2. The molecule has 4 rings (SSSR count). The molecule has 1 aromatic heterocycles. The van der Waals surface area contributed by atoms with E-state index in [4.69, 9.17) is 0 Å². The van der Waals surface area contributed by atoms with Gasteiger partial charge in [0, 0.05) is 23.4 Å². The molecule has 0 fully saturated rings. The van der Waals surface area contributed by atoms with Crippen LogP contribution in [0.4, 0.5) is 4.39 Å². The molecule has 3 aromatic carbocycles. The lowest BCUT2D eigenvalue weighted by Crippen LogP contribution is -2.22. The van der Waals surface area contributed by atoms with Gasteiger partial charge in [-0.2, -0.15) is 0 Å². The number of benzene rings is 3. The van der Waals surface area contributed by atoms with Crippen LogP contribution in [0.2, 0.25) is 0 Å². The Morgan fingerprint density at radius 1 is 0.821 bits per heavy atom. The van der Waals surface area contributed by atoms with E-state index in [1.54, 1.807) is 52.0 Å². The van der Waals surface area contributed by atoms with Gasteiger partial charge in [-0.05, 0) is 35.9 Å². The fraction of sp³-hybridized carbons (Fsp3) is 0.0435. The zero-order valence-corrected chi connectivity index (χ0v) is 15.0. The highest BCUT2D eigenvalue weighted by atomic mass is 19.1. The van der Waals surface area contributed by atoms with E-state index in [1.165, 1.54) is 18.2 Å². The van der Waals surface area contributed by atoms with E-state index in [0.717, 1.165) is 5.56 Å². The maximum atomic E-state index is 13.2. The highest BCUT2D eigenvalue weighted by Gasteiger charge is 2.11. The average molecular weight is 372 g/mol. The summed E-state index contributed by atoms with van der Waals surface area (Å²) < 4.78 is 16.4. The Bertz CT molecular complexity index is 1180. The smallest absolute Gasteiger partial charge is 0.267 e. The highest BCUT2D eigenvalue weighted by molar-refractivity contribution is 6.09. The van der Waals surface area contributed by atoms with Crippen molar-refractivity contribution in [1.82, 2.24) is 9.36 Å². The summed E-state index contributed by atoms with van der Waals surface area (Å²) >= 11 is 0. The Morgan fingerprint density at radius 2 is 1.54 bits per heavy atom. The highest BCUT2D eigenvalue weighted by Crippen LogP contribution is 2.14. The normalized spacial score (nSPS) is 10.8. The maximum absolute atomic E-state index is 13.2. The molecule has 28 heavy (non-hydrogen) atoms. The number of carbonyl (C=O) groups excluding carboxylic acids is 1. The van der Waals surface area contributed by atoms with E-state index in [9.17, 15) is 14.0 Å². The van der Waals surface area contributed by atoms with E-state index in [0.29, 0.717) is 23.4 Å². The summed E-state index contributed by atoms with van der Waals surface area (Å²) in [5, 5.41) is 0. The van der Waals surface area contributed by atoms with Crippen molar-refractivity contribution in [2.24, 2.45) is 0 Å². The number of nitrogens with zero attached hydrogens (tertiary/aromatic N) is 2. The molecule has 5 heteroatoms. The Morgan fingerprint density at radius 3 is 2.29 bits per heavy atom. The molecule has 0 unspecified atom stereocenters. The number of halogens is 1. The van der Waals surface area contributed by atoms with Crippen molar-refractivity contribution in [2.45, 2.75) is 6.54 Å². The molecule has 0 aliphatic carbocycles. The summed E-state index contributed by atoms with van der Waals surface area (Å²) in [5.74, 6) is -0.402. The zero-order chi connectivity index (χ0) is 19.5. The van der Waals surface area contributed by atoms with E-state index in [-0.39, 0.29) is 17.2 Å². The standard InChI is InChI=1S/C23H17FN2O2/c24-20-9-11-21(12-10-20)25-14-13-22(27)26(25)16-17-5-4-8-19(15-17)23(28)18-6-2-1-3-7-18/h1-15H,16H2. The summed E-state index contributed by atoms with van der Waals surface area (Å²) in [7, 11) is 0. The minimum Gasteiger partial charge on any atom is -0.289 e. The van der Waals surface area contributed by atoms with E-state index in [1.807, 2.05) is 30.3 Å². The van der Waals surface area contributed by atoms with Gasteiger partial charge in [0.1, 0.15) is 5.82 Å². The number of aromatic nitrogens is 2. The van der Waals surface area contributed by atoms with Gasteiger partial charge in [0.05, 0.1) is 12.2 Å². The fourth-order valence-electron chi connectivity index (χ4n) is 3.12. The van der Waals surface area contributed by atoms with Crippen LogP contribution in [0.5, 0.6) is 0 Å². The van der Waals surface area contributed by atoms with Crippen molar-refractivity contribution < 1.29 is 9.18 Å². The average Bonchev–Trinajstić information content (AvgIpc) is 3.09. The zero-order valence-electron chi connectivity index (χ0n) is 15.0. The second-order valence-corrected chi connectivity index (χ2v) is 6.43. The Labute approximate surface area is 161 Å². The quantitative estimate of drug-likeness (QED) is 0.496. The molecule has 0 atom stereocenters. The van der Waals surface area contributed by atoms with Crippen LogP contribution < -0.4 is 5.56 Å². The van der Waals surface area contributed by atoms with Crippen LogP contribution in [0.3, 0.4) is 0 Å². The molecule has 0 saturated heterocycles. The molecule has 1 heterocycles. The van der Waals surface area contributed by atoms with E-state index < -0.39 is 0 Å². The third-order valence-electron chi connectivity index (χ3n) is 4.52. The van der Waals surface area contributed by atoms with Crippen LogP contribution in [0, 0.1) is 5.82 Å². The van der Waals surface area contributed by atoms with Crippen LogP contribution in [0.15, 0.2) is 95.9 Å². The molecule has 138 valence electrons. The van der Waals surface area contributed by atoms with Gasteiger partial charge in [-0.15, -0.1) is 0 Å². The van der Waals surface area contributed by atoms with Crippen LogP contribution in [0.1, 0.15) is 21.5 Å².